The second-order valence-corrected chi connectivity index (χ2v) is 7.32. The van der Waals surface area contributed by atoms with Crippen LogP contribution in [0.4, 0.5) is 0 Å². The van der Waals surface area contributed by atoms with Crippen molar-refractivity contribution in [1.29, 1.82) is 0 Å². The fourth-order valence-corrected chi connectivity index (χ4v) is 2.47. The highest BCUT2D eigenvalue weighted by Gasteiger charge is 2.15. The van der Waals surface area contributed by atoms with Crippen molar-refractivity contribution in [2.75, 3.05) is 13.7 Å². The van der Waals surface area contributed by atoms with Gasteiger partial charge in [-0.25, -0.2) is 5.43 Å². The summed E-state index contributed by atoms with van der Waals surface area (Å²) in [5, 5.41) is 6.61. The molecule has 2 aromatic rings. The zero-order valence-corrected chi connectivity index (χ0v) is 17.8. The molecule has 0 saturated heterocycles. The summed E-state index contributed by atoms with van der Waals surface area (Å²) in [7, 11) is 1.59. The van der Waals surface area contributed by atoms with Gasteiger partial charge in [-0.3, -0.25) is 9.59 Å². The molecule has 30 heavy (non-hydrogen) atoms. The van der Waals surface area contributed by atoms with Crippen LogP contribution in [0.25, 0.3) is 0 Å². The molecule has 1 atom stereocenters. The first kappa shape index (κ1) is 22.9. The third-order valence-electron chi connectivity index (χ3n) is 4.15. The van der Waals surface area contributed by atoms with Crippen LogP contribution < -0.4 is 20.2 Å². The number of carbonyl (C=O) groups excluding carboxylic acids is 2. The van der Waals surface area contributed by atoms with Crippen LogP contribution in [0.2, 0.25) is 0 Å². The molecule has 7 nitrogen and oxygen atoms in total. The fourth-order valence-electron chi connectivity index (χ4n) is 2.47. The molecule has 0 fully saturated rings. The molecule has 0 spiro atoms. The quantitative estimate of drug-likeness (QED) is 0.465. The van der Waals surface area contributed by atoms with E-state index in [0.717, 1.165) is 22.6 Å². The minimum Gasteiger partial charge on any atom is -0.497 e. The molecule has 2 N–H and O–H groups in total. The van der Waals surface area contributed by atoms with Gasteiger partial charge in [-0.15, -0.1) is 0 Å². The SMILES string of the molecule is COc1ccc(CC(=O)NC(C)C(=O)NN=Cc2ccc(OCC(C)C)cc2)cc1. The third kappa shape index (κ3) is 7.95. The highest BCUT2D eigenvalue weighted by atomic mass is 16.5. The summed E-state index contributed by atoms with van der Waals surface area (Å²) >= 11 is 0. The van der Waals surface area contributed by atoms with Gasteiger partial charge in [-0.1, -0.05) is 26.0 Å². The van der Waals surface area contributed by atoms with Gasteiger partial charge in [0, 0.05) is 0 Å². The van der Waals surface area contributed by atoms with Crippen molar-refractivity contribution >= 4 is 18.0 Å². The topological polar surface area (TPSA) is 89.0 Å². The Morgan fingerprint density at radius 3 is 2.23 bits per heavy atom. The van der Waals surface area contributed by atoms with Gasteiger partial charge >= 0.3 is 0 Å². The number of hydrogen-bond donors (Lipinski definition) is 2. The van der Waals surface area contributed by atoms with Crippen LogP contribution in [-0.4, -0.2) is 37.8 Å². The summed E-state index contributed by atoms with van der Waals surface area (Å²) in [6.45, 7) is 6.45. The zero-order valence-electron chi connectivity index (χ0n) is 17.8. The Kier molecular flexibility index (Phi) is 8.87. The number of carbonyl (C=O) groups is 2. The van der Waals surface area contributed by atoms with Gasteiger partial charge in [0.1, 0.15) is 17.5 Å². The minimum absolute atomic E-state index is 0.177. The van der Waals surface area contributed by atoms with Gasteiger partial charge in [0.25, 0.3) is 5.91 Å². The molecular weight excluding hydrogens is 382 g/mol. The number of amides is 2. The van der Waals surface area contributed by atoms with Crippen LogP contribution in [0.15, 0.2) is 53.6 Å². The summed E-state index contributed by atoms with van der Waals surface area (Å²) in [5.74, 6) is 1.33. The molecule has 2 amide bonds. The number of rotatable bonds is 10. The van der Waals surface area contributed by atoms with Gasteiger partial charge < -0.3 is 14.8 Å². The van der Waals surface area contributed by atoms with E-state index in [4.69, 9.17) is 9.47 Å². The van der Waals surface area contributed by atoms with Crippen LogP contribution in [0.3, 0.4) is 0 Å². The average molecular weight is 412 g/mol. The fraction of sp³-hybridized carbons (Fsp3) is 0.348. The van der Waals surface area contributed by atoms with Crippen LogP contribution in [-0.2, 0) is 16.0 Å². The largest absolute Gasteiger partial charge is 0.497 e. The van der Waals surface area contributed by atoms with Gasteiger partial charge in [-0.2, -0.15) is 5.10 Å². The van der Waals surface area contributed by atoms with Crippen LogP contribution in [0, 0.1) is 5.92 Å². The standard InChI is InChI=1S/C23H29N3O4/c1-16(2)15-30-21-11-7-19(8-12-21)14-24-26-23(28)17(3)25-22(27)13-18-5-9-20(29-4)10-6-18/h5-12,14,16-17H,13,15H2,1-4H3,(H,25,27)(H,26,28). The van der Waals surface area contributed by atoms with E-state index in [1.807, 2.05) is 36.4 Å². The molecule has 2 rings (SSSR count). The van der Waals surface area contributed by atoms with Crippen molar-refractivity contribution in [3.63, 3.8) is 0 Å². The van der Waals surface area contributed by atoms with Crippen LogP contribution in [0.1, 0.15) is 31.9 Å². The summed E-state index contributed by atoms with van der Waals surface area (Å²) < 4.78 is 10.7. The lowest BCUT2D eigenvalue weighted by Gasteiger charge is -2.12. The first-order chi connectivity index (χ1) is 14.4. The molecule has 160 valence electrons. The van der Waals surface area contributed by atoms with Gasteiger partial charge in [0.05, 0.1) is 26.4 Å². The summed E-state index contributed by atoms with van der Waals surface area (Å²) in [5.41, 5.74) is 4.09. The first-order valence-corrected chi connectivity index (χ1v) is 9.85. The molecule has 7 heteroatoms. The van der Waals surface area contributed by atoms with E-state index < -0.39 is 11.9 Å². The molecule has 2 aromatic carbocycles. The van der Waals surface area contributed by atoms with Crippen molar-refractivity contribution < 1.29 is 19.1 Å². The van der Waals surface area contributed by atoms with E-state index in [1.54, 1.807) is 26.2 Å². The summed E-state index contributed by atoms with van der Waals surface area (Å²) in [6, 6.07) is 13.9. The number of hydrogen-bond acceptors (Lipinski definition) is 5. The number of methoxy groups -OCH3 is 1. The predicted octanol–water partition coefficient (Wildman–Crippen LogP) is 2.93. The second kappa shape index (κ2) is 11.6. The van der Waals surface area contributed by atoms with Gasteiger partial charge in [0.15, 0.2) is 0 Å². The van der Waals surface area contributed by atoms with Crippen molar-refractivity contribution in [2.24, 2.45) is 11.0 Å². The van der Waals surface area contributed by atoms with Crippen molar-refractivity contribution in [2.45, 2.75) is 33.2 Å². The Labute approximate surface area is 177 Å². The maximum Gasteiger partial charge on any atom is 0.262 e. The number of ether oxygens (including phenoxy) is 2. The molecule has 0 bridgehead atoms. The molecule has 0 heterocycles. The number of nitrogens with one attached hydrogen (secondary N) is 2. The maximum atomic E-state index is 12.1. The van der Waals surface area contributed by atoms with Crippen molar-refractivity contribution in [3.05, 3.63) is 59.7 Å². The Morgan fingerprint density at radius 2 is 1.63 bits per heavy atom. The Bertz CT molecular complexity index is 846. The molecule has 0 aliphatic heterocycles. The summed E-state index contributed by atoms with van der Waals surface area (Å²) in [6.07, 6.45) is 1.71. The zero-order chi connectivity index (χ0) is 21.9. The van der Waals surface area contributed by atoms with E-state index >= 15 is 0 Å². The molecular formula is C23H29N3O4. The number of nitrogens with zero attached hydrogens (tertiary/aromatic N) is 1. The van der Waals surface area contributed by atoms with E-state index in [9.17, 15) is 9.59 Å². The predicted molar refractivity (Wildman–Crippen MR) is 117 cm³/mol. The summed E-state index contributed by atoms with van der Waals surface area (Å²) in [4.78, 5) is 24.3. The lowest BCUT2D eigenvalue weighted by atomic mass is 10.1. The Hall–Kier alpha value is -3.35. The number of benzene rings is 2. The molecule has 1 unspecified atom stereocenters. The highest BCUT2D eigenvalue weighted by molar-refractivity contribution is 5.89. The minimum atomic E-state index is -0.709. The monoisotopic (exact) mass is 411 g/mol. The van der Waals surface area contributed by atoms with Crippen LogP contribution in [0.5, 0.6) is 11.5 Å². The maximum absolute atomic E-state index is 12.1. The molecule has 0 aliphatic carbocycles. The highest BCUT2D eigenvalue weighted by Crippen LogP contribution is 2.13. The lowest BCUT2D eigenvalue weighted by molar-refractivity contribution is -0.128. The molecule has 0 saturated carbocycles. The number of hydrazone groups is 1. The van der Waals surface area contributed by atoms with Crippen LogP contribution >= 0.6 is 0 Å². The Morgan fingerprint density at radius 1 is 1.00 bits per heavy atom. The normalized spacial score (nSPS) is 11.9. The average Bonchev–Trinajstić information content (AvgIpc) is 2.73. The second-order valence-electron chi connectivity index (χ2n) is 7.32. The molecule has 0 aromatic heterocycles. The molecule has 0 aliphatic rings. The van der Waals surface area contributed by atoms with Crippen molar-refractivity contribution in [3.8, 4) is 11.5 Å². The van der Waals surface area contributed by atoms with E-state index in [-0.39, 0.29) is 12.3 Å². The lowest BCUT2D eigenvalue weighted by Crippen LogP contribution is -2.43. The van der Waals surface area contributed by atoms with Gasteiger partial charge in [0.2, 0.25) is 5.91 Å². The Balaban J connectivity index is 1.77. The van der Waals surface area contributed by atoms with Gasteiger partial charge in [-0.05, 0) is 60.4 Å². The van der Waals surface area contributed by atoms with Crippen molar-refractivity contribution in [1.82, 2.24) is 10.7 Å². The van der Waals surface area contributed by atoms with E-state index in [2.05, 4.69) is 29.7 Å². The smallest absolute Gasteiger partial charge is 0.262 e. The third-order valence-corrected chi connectivity index (χ3v) is 4.15. The molecule has 0 radical (unpaired) electrons. The first-order valence-electron chi connectivity index (χ1n) is 9.85. The van der Waals surface area contributed by atoms with E-state index in [0.29, 0.717) is 12.5 Å². The van der Waals surface area contributed by atoms with E-state index in [1.165, 1.54) is 6.21 Å².